The molecule has 0 aliphatic heterocycles. The number of hydrogen-bond acceptors (Lipinski definition) is 5. The maximum Gasteiger partial charge on any atom is 0.306 e. The van der Waals surface area contributed by atoms with Gasteiger partial charge in [0.25, 0.3) is 6.43 Å². The second-order valence-electron chi connectivity index (χ2n) is 9.21. The molecule has 9 heteroatoms. The summed E-state index contributed by atoms with van der Waals surface area (Å²) < 4.78 is 41.7. The molecule has 0 saturated heterocycles. The number of nitrogens with one attached hydrogen (secondary N) is 1. The number of aliphatic carboxylic acids is 1. The molecule has 1 atom stereocenters. The molecule has 1 fully saturated rings. The van der Waals surface area contributed by atoms with Gasteiger partial charge in [0.1, 0.15) is 11.6 Å². The minimum absolute atomic E-state index is 0.138. The predicted octanol–water partition coefficient (Wildman–Crippen LogP) is 6.60. The number of hydrogen-bond donors (Lipinski definition) is 2. The van der Waals surface area contributed by atoms with E-state index in [-0.39, 0.29) is 17.3 Å². The minimum Gasteiger partial charge on any atom is -0.481 e. The van der Waals surface area contributed by atoms with Gasteiger partial charge in [0, 0.05) is 23.5 Å². The number of rotatable bonds is 7. The fourth-order valence-electron chi connectivity index (χ4n) is 4.59. The van der Waals surface area contributed by atoms with Crippen LogP contribution in [0, 0.1) is 18.8 Å². The molecule has 6 nitrogen and oxygen atoms in total. The Morgan fingerprint density at radius 1 is 1.09 bits per heavy atom. The number of aromatic nitrogens is 3. The van der Waals surface area contributed by atoms with E-state index < -0.39 is 24.0 Å². The first-order chi connectivity index (χ1) is 16.6. The smallest absolute Gasteiger partial charge is 0.306 e. The van der Waals surface area contributed by atoms with Crippen LogP contribution in [0.1, 0.15) is 55.9 Å². The number of carbonyl (C=O) groups is 1. The molecular weight excluding hydrogens is 457 g/mol. The van der Waals surface area contributed by atoms with Crippen LogP contribution < -0.4 is 5.32 Å². The lowest BCUT2D eigenvalue weighted by Gasteiger charge is -2.34. The monoisotopic (exact) mass is 484 g/mol. The number of anilines is 2. The number of carboxylic acids is 1. The topological polar surface area (TPSA) is 88.0 Å². The summed E-state index contributed by atoms with van der Waals surface area (Å²) in [6, 6.07) is 9.56. The van der Waals surface area contributed by atoms with E-state index in [1.54, 1.807) is 24.4 Å². The highest BCUT2D eigenvalue weighted by molar-refractivity contribution is 5.70. The number of alkyl halides is 3. The van der Waals surface area contributed by atoms with Gasteiger partial charge in [-0.2, -0.15) is 0 Å². The van der Waals surface area contributed by atoms with Gasteiger partial charge in [0.05, 0.1) is 17.3 Å². The summed E-state index contributed by atoms with van der Waals surface area (Å²) in [6.45, 7) is 3.39. The zero-order valence-electron chi connectivity index (χ0n) is 19.5. The highest BCUT2D eigenvalue weighted by Crippen LogP contribution is 2.43. The first-order valence-electron chi connectivity index (χ1n) is 11.5. The molecule has 35 heavy (non-hydrogen) atoms. The molecule has 1 saturated carbocycles. The van der Waals surface area contributed by atoms with Gasteiger partial charge in [-0.05, 0) is 87.4 Å². The average Bonchev–Trinajstić information content (AvgIpc) is 2.84. The van der Waals surface area contributed by atoms with Gasteiger partial charge in [-0.25, -0.2) is 23.1 Å². The Bertz CT molecular complexity index is 1190. The van der Waals surface area contributed by atoms with Gasteiger partial charge in [0.2, 0.25) is 0 Å². The third kappa shape index (κ3) is 5.61. The standard InChI is InChI=1S/C26H27F3N4O2/c1-15-11-20(32-23(12-15)33-22-13-17(24(27)28)9-10-30-22)18-5-8-21(31-14-18)26(2,29)19-6-3-16(4-7-19)25(34)35/h5,8-14,16,19,24H,3-4,6-7H2,1-2H3,(H,34,35)(H,30,32,33). The van der Waals surface area contributed by atoms with E-state index in [1.807, 2.05) is 13.0 Å². The Morgan fingerprint density at radius 2 is 1.83 bits per heavy atom. The molecule has 0 radical (unpaired) electrons. The van der Waals surface area contributed by atoms with Crippen LogP contribution in [0.4, 0.5) is 24.8 Å². The van der Waals surface area contributed by atoms with Crippen molar-refractivity contribution < 1.29 is 23.1 Å². The molecule has 1 aliphatic carbocycles. The Labute approximate surface area is 201 Å². The molecule has 1 unspecified atom stereocenters. The van der Waals surface area contributed by atoms with E-state index in [0.29, 0.717) is 48.5 Å². The quantitative estimate of drug-likeness (QED) is 0.393. The fraction of sp³-hybridized carbons (Fsp3) is 0.385. The number of carboxylic acid groups (broad SMARTS) is 1. The van der Waals surface area contributed by atoms with E-state index in [4.69, 9.17) is 0 Å². The number of nitrogens with zero attached hydrogens (tertiary/aromatic N) is 3. The van der Waals surface area contributed by atoms with E-state index in [9.17, 15) is 18.7 Å². The SMILES string of the molecule is Cc1cc(Nc2cc(C(F)F)ccn2)nc(-c2ccc(C(C)(F)C3CCC(C(=O)O)CC3)nc2)c1. The zero-order valence-corrected chi connectivity index (χ0v) is 19.5. The third-order valence-electron chi connectivity index (χ3n) is 6.66. The van der Waals surface area contributed by atoms with Crippen molar-refractivity contribution in [2.45, 2.75) is 51.6 Å². The lowest BCUT2D eigenvalue weighted by Crippen LogP contribution is -2.33. The third-order valence-corrected chi connectivity index (χ3v) is 6.66. The molecule has 3 aromatic rings. The van der Waals surface area contributed by atoms with Gasteiger partial charge in [-0.15, -0.1) is 0 Å². The summed E-state index contributed by atoms with van der Waals surface area (Å²) >= 11 is 0. The normalized spacial score (nSPS) is 19.8. The molecule has 4 rings (SSSR count). The molecule has 3 aromatic heterocycles. The Balaban J connectivity index is 1.52. The number of halogens is 3. The predicted molar refractivity (Wildman–Crippen MR) is 126 cm³/mol. The Kier molecular flexibility index (Phi) is 7.05. The van der Waals surface area contributed by atoms with Crippen molar-refractivity contribution >= 4 is 17.6 Å². The summed E-state index contributed by atoms with van der Waals surface area (Å²) in [5.41, 5.74) is 0.659. The molecule has 0 spiro atoms. The highest BCUT2D eigenvalue weighted by atomic mass is 19.3. The highest BCUT2D eigenvalue weighted by Gasteiger charge is 2.40. The second-order valence-corrected chi connectivity index (χ2v) is 9.21. The fourth-order valence-corrected chi connectivity index (χ4v) is 4.59. The number of pyridine rings is 3. The van der Waals surface area contributed by atoms with Gasteiger partial charge in [0.15, 0.2) is 5.67 Å². The van der Waals surface area contributed by atoms with Crippen LogP contribution in [0.3, 0.4) is 0 Å². The molecule has 3 heterocycles. The Morgan fingerprint density at radius 3 is 2.46 bits per heavy atom. The first kappa shape index (κ1) is 24.6. The molecule has 0 bridgehead atoms. The van der Waals surface area contributed by atoms with Crippen molar-refractivity contribution in [3.63, 3.8) is 0 Å². The van der Waals surface area contributed by atoms with Gasteiger partial charge in [-0.3, -0.25) is 9.78 Å². The molecule has 0 amide bonds. The van der Waals surface area contributed by atoms with Crippen LogP contribution in [0.5, 0.6) is 0 Å². The van der Waals surface area contributed by atoms with Crippen LogP contribution >= 0.6 is 0 Å². The Hall–Kier alpha value is -3.49. The van der Waals surface area contributed by atoms with Crippen molar-refractivity contribution in [1.29, 1.82) is 0 Å². The summed E-state index contributed by atoms with van der Waals surface area (Å²) in [5, 5.41) is 12.2. The summed E-state index contributed by atoms with van der Waals surface area (Å²) in [5.74, 6) is -0.815. The summed E-state index contributed by atoms with van der Waals surface area (Å²) in [7, 11) is 0. The van der Waals surface area contributed by atoms with Crippen molar-refractivity contribution in [2.75, 3.05) is 5.32 Å². The first-order valence-corrected chi connectivity index (χ1v) is 11.5. The van der Waals surface area contributed by atoms with Gasteiger partial charge >= 0.3 is 5.97 Å². The molecule has 0 aromatic carbocycles. The van der Waals surface area contributed by atoms with E-state index in [1.165, 1.54) is 25.3 Å². The minimum atomic E-state index is -2.60. The van der Waals surface area contributed by atoms with Crippen LogP contribution in [0.15, 0.2) is 48.8 Å². The second kappa shape index (κ2) is 10.0. The molecule has 184 valence electrons. The van der Waals surface area contributed by atoms with Gasteiger partial charge < -0.3 is 10.4 Å². The maximum absolute atomic E-state index is 15.7. The van der Waals surface area contributed by atoms with Crippen LogP contribution in [0.2, 0.25) is 0 Å². The number of aryl methyl sites for hydroxylation is 1. The van der Waals surface area contributed by atoms with Crippen LogP contribution in [0.25, 0.3) is 11.3 Å². The van der Waals surface area contributed by atoms with Crippen molar-refractivity contribution in [2.24, 2.45) is 11.8 Å². The van der Waals surface area contributed by atoms with Crippen molar-refractivity contribution in [3.8, 4) is 11.3 Å². The van der Waals surface area contributed by atoms with Crippen molar-refractivity contribution in [1.82, 2.24) is 15.0 Å². The van der Waals surface area contributed by atoms with E-state index >= 15 is 4.39 Å². The average molecular weight is 485 g/mol. The summed E-state index contributed by atoms with van der Waals surface area (Å²) in [4.78, 5) is 24.2. The van der Waals surface area contributed by atoms with Gasteiger partial charge in [-0.1, -0.05) is 0 Å². The molecular formula is C26H27F3N4O2. The van der Waals surface area contributed by atoms with E-state index in [2.05, 4.69) is 20.3 Å². The zero-order chi connectivity index (χ0) is 25.2. The lowest BCUT2D eigenvalue weighted by molar-refractivity contribution is -0.143. The van der Waals surface area contributed by atoms with E-state index in [0.717, 1.165) is 5.56 Å². The summed E-state index contributed by atoms with van der Waals surface area (Å²) in [6.07, 6.45) is 2.22. The largest absolute Gasteiger partial charge is 0.481 e. The molecule has 2 N–H and O–H groups in total. The van der Waals surface area contributed by atoms with Crippen molar-refractivity contribution in [3.05, 3.63) is 65.6 Å². The molecule has 1 aliphatic rings. The van der Waals surface area contributed by atoms with Crippen LogP contribution in [-0.2, 0) is 10.5 Å². The maximum atomic E-state index is 15.7. The lowest BCUT2D eigenvalue weighted by atomic mass is 9.73. The van der Waals surface area contributed by atoms with Crippen LogP contribution in [-0.4, -0.2) is 26.0 Å².